The number of Topliss-reactive ketones (excluding diaryl/α,β-unsaturated/α-hetero) is 1. The molecule has 0 spiro atoms. The highest BCUT2D eigenvalue weighted by atomic mass is 16.3. The van der Waals surface area contributed by atoms with Crippen molar-refractivity contribution in [3.8, 4) is 5.75 Å². The predicted molar refractivity (Wildman–Crippen MR) is 64.0 cm³/mol. The molecular formula is C13H18O4. The maximum Gasteiger partial charge on any atom is 0.169 e. The second kappa shape index (κ2) is 4.85. The first-order chi connectivity index (χ1) is 7.70. The second-order valence-electron chi connectivity index (χ2n) is 4.86. The number of phenols is 1. The molecule has 1 rings (SSSR count). The van der Waals surface area contributed by atoms with Crippen LogP contribution in [0.5, 0.6) is 5.75 Å². The van der Waals surface area contributed by atoms with Gasteiger partial charge in [0.15, 0.2) is 5.78 Å². The van der Waals surface area contributed by atoms with Crippen molar-refractivity contribution in [2.24, 2.45) is 0 Å². The molecule has 0 bridgehead atoms. The third kappa shape index (κ3) is 3.84. The second-order valence-corrected chi connectivity index (χ2v) is 4.86. The average Bonchev–Trinajstić information content (AvgIpc) is 2.14. The summed E-state index contributed by atoms with van der Waals surface area (Å²) in [6.45, 7) is 4.64. The summed E-state index contributed by atoms with van der Waals surface area (Å²) >= 11 is 0. The molecule has 0 aromatic heterocycles. The molecule has 4 heteroatoms. The summed E-state index contributed by atoms with van der Waals surface area (Å²) in [7, 11) is 0. The first kappa shape index (κ1) is 13.7. The van der Waals surface area contributed by atoms with Crippen LogP contribution in [0.1, 0.15) is 49.2 Å². The average molecular weight is 238 g/mol. The van der Waals surface area contributed by atoms with Crippen LogP contribution in [-0.4, -0.2) is 26.7 Å². The summed E-state index contributed by atoms with van der Waals surface area (Å²) in [5.74, 6) is -0.485. The Balaban J connectivity index is 3.04. The molecule has 0 fully saturated rings. The van der Waals surface area contributed by atoms with Gasteiger partial charge in [0.05, 0.1) is 17.3 Å². The zero-order chi connectivity index (χ0) is 13.2. The highest BCUT2D eigenvalue weighted by molar-refractivity contribution is 5.99. The number of aromatic hydroxyl groups is 1. The number of hydrogen-bond donors (Lipinski definition) is 3. The molecule has 3 N–H and O–H groups in total. The van der Waals surface area contributed by atoms with Crippen LogP contribution in [0.3, 0.4) is 0 Å². The van der Waals surface area contributed by atoms with Crippen LogP contribution in [0, 0.1) is 0 Å². The highest BCUT2D eigenvalue weighted by Gasteiger charge is 2.21. The first-order valence-electron chi connectivity index (χ1n) is 5.47. The van der Waals surface area contributed by atoms with E-state index in [1.54, 1.807) is 13.0 Å². The van der Waals surface area contributed by atoms with Gasteiger partial charge in [0.25, 0.3) is 0 Å². The Hall–Kier alpha value is -1.39. The van der Waals surface area contributed by atoms with E-state index in [1.807, 2.05) is 0 Å². The van der Waals surface area contributed by atoms with Crippen LogP contribution in [0.4, 0.5) is 0 Å². The lowest BCUT2D eigenvalue weighted by atomic mass is 9.95. The van der Waals surface area contributed by atoms with Crippen molar-refractivity contribution in [3.63, 3.8) is 0 Å². The zero-order valence-corrected chi connectivity index (χ0v) is 10.3. The van der Waals surface area contributed by atoms with Crippen molar-refractivity contribution < 1.29 is 20.1 Å². The quantitative estimate of drug-likeness (QED) is 0.699. The van der Waals surface area contributed by atoms with E-state index >= 15 is 0 Å². The van der Waals surface area contributed by atoms with Gasteiger partial charge in [-0.25, -0.2) is 0 Å². The number of benzene rings is 1. The maximum absolute atomic E-state index is 11.9. The van der Waals surface area contributed by atoms with E-state index in [4.69, 9.17) is 0 Å². The Morgan fingerprint density at radius 2 is 2.00 bits per heavy atom. The number of phenolic OH excluding ortho intramolecular Hbond substituents is 1. The van der Waals surface area contributed by atoms with Crippen molar-refractivity contribution in [1.29, 1.82) is 0 Å². The van der Waals surface area contributed by atoms with Gasteiger partial charge in [0, 0.05) is 6.42 Å². The van der Waals surface area contributed by atoms with Crippen LogP contribution in [0.25, 0.3) is 0 Å². The molecule has 17 heavy (non-hydrogen) atoms. The number of carbonyl (C=O) groups is 1. The monoisotopic (exact) mass is 238 g/mol. The van der Waals surface area contributed by atoms with Crippen LogP contribution >= 0.6 is 0 Å². The number of aliphatic hydroxyl groups is 2. The molecule has 94 valence electrons. The summed E-state index contributed by atoms with van der Waals surface area (Å²) in [4.78, 5) is 11.9. The number of rotatable bonds is 4. The van der Waals surface area contributed by atoms with E-state index in [1.165, 1.54) is 26.0 Å². The third-order valence-electron chi connectivity index (χ3n) is 2.40. The number of hydrogen-bond acceptors (Lipinski definition) is 4. The Kier molecular flexibility index (Phi) is 3.91. The molecule has 0 radical (unpaired) electrons. The fraction of sp³-hybridized carbons (Fsp3) is 0.462. The molecule has 0 saturated heterocycles. The van der Waals surface area contributed by atoms with Gasteiger partial charge in [-0.1, -0.05) is 6.07 Å². The van der Waals surface area contributed by atoms with E-state index in [-0.39, 0.29) is 23.5 Å². The third-order valence-corrected chi connectivity index (χ3v) is 2.40. The fourth-order valence-electron chi connectivity index (χ4n) is 1.52. The smallest absolute Gasteiger partial charge is 0.169 e. The van der Waals surface area contributed by atoms with E-state index in [0.717, 1.165) is 0 Å². The zero-order valence-electron chi connectivity index (χ0n) is 10.3. The van der Waals surface area contributed by atoms with Gasteiger partial charge < -0.3 is 15.3 Å². The van der Waals surface area contributed by atoms with Gasteiger partial charge >= 0.3 is 0 Å². The molecule has 1 aromatic rings. The summed E-state index contributed by atoms with van der Waals surface area (Å²) < 4.78 is 0. The molecule has 4 nitrogen and oxygen atoms in total. The normalized spacial score (nSPS) is 13.5. The number of aliphatic hydroxyl groups excluding tert-OH is 1. The Morgan fingerprint density at radius 3 is 2.47 bits per heavy atom. The summed E-state index contributed by atoms with van der Waals surface area (Å²) in [5, 5.41) is 28.6. The Morgan fingerprint density at radius 1 is 1.41 bits per heavy atom. The van der Waals surface area contributed by atoms with Crippen molar-refractivity contribution >= 4 is 5.78 Å². The van der Waals surface area contributed by atoms with Crippen LogP contribution in [0.2, 0.25) is 0 Å². The maximum atomic E-state index is 11.9. The topological polar surface area (TPSA) is 77.8 Å². The lowest BCUT2D eigenvalue weighted by molar-refractivity contribution is 0.0586. The van der Waals surface area contributed by atoms with Crippen molar-refractivity contribution in [3.05, 3.63) is 29.3 Å². The number of ketones is 1. The van der Waals surface area contributed by atoms with Gasteiger partial charge in [0.2, 0.25) is 0 Å². The first-order valence-corrected chi connectivity index (χ1v) is 5.47. The molecule has 0 heterocycles. The summed E-state index contributed by atoms with van der Waals surface area (Å²) in [5.41, 5.74) is -0.433. The van der Waals surface area contributed by atoms with Gasteiger partial charge in [-0.05, 0) is 38.5 Å². The molecule has 0 aliphatic heterocycles. The molecule has 0 saturated carbocycles. The van der Waals surface area contributed by atoms with Crippen molar-refractivity contribution in [2.75, 3.05) is 0 Å². The largest absolute Gasteiger partial charge is 0.507 e. The molecule has 0 aliphatic carbocycles. The Labute approximate surface area is 101 Å². The summed E-state index contributed by atoms with van der Waals surface area (Å²) in [6.07, 6.45) is -0.784. The van der Waals surface area contributed by atoms with Gasteiger partial charge in [-0.3, -0.25) is 4.79 Å². The van der Waals surface area contributed by atoms with Crippen molar-refractivity contribution in [2.45, 2.75) is 38.9 Å². The molecule has 1 atom stereocenters. The minimum atomic E-state index is -1.12. The molecule has 0 aliphatic rings. The molecule has 1 aromatic carbocycles. The van der Waals surface area contributed by atoms with Crippen LogP contribution in [0.15, 0.2) is 18.2 Å². The summed E-state index contributed by atoms with van der Waals surface area (Å²) in [6, 6.07) is 4.38. The van der Waals surface area contributed by atoms with E-state index in [0.29, 0.717) is 5.56 Å². The number of carbonyl (C=O) groups excluding carboxylic acids is 1. The van der Waals surface area contributed by atoms with Crippen LogP contribution < -0.4 is 0 Å². The highest BCUT2D eigenvalue weighted by Crippen LogP contribution is 2.25. The lowest BCUT2D eigenvalue weighted by Crippen LogP contribution is -2.23. The van der Waals surface area contributed by atoms with E-state index < -0.39 is 11.7 Å². The fourth-order valence-corrected chi connectivity index (χ4v) is 1.52. The predicted octanol–water partition coefficient (Wildman–Crippen LogP) is 1.79. The van der Waals surface area contributed by atoms with E-state index in [9.17, 15) is 20.1 Å². The van der Waals surface area contributed by atoms with Crippen molar-refractivity contribution in [1.82, 2.24) is 0 Å². The van der Waals surface area contributed by atoms with E-state index in [2.05, 4.69) is 0 Å². The minimum absolute atomic E-state index is 0.0795. The SMILES string of the molecule is CC(O)c1ccc(O)c(C(=O)CC(C)(C)O)c1. The molecular weight excluding hydrogens is 220 g/mol. The molecule has 1 unspecified atom stereocenters. The Bertz CT molecular complexity index is 416. The minimum Gasteiger partial charge on any atom is -0.507 e. The van der Waals surface area contributed by atoms with Crippen LogP contribution in [-0.2, 0) is 0 Å². The van der Waals surface area contributed by atoms with Gasteiger partial charge in [0.1, 0.15) is 5.75 Å². The standard InChI is InChI=1S/C13H18O4/c1-8(14)9-4-5-11(15)10(6-9)12(16)7-13(2,3)17/h4-6,8,14-15,17H,7H2,1-3H3. The molecule has 0 amide bonds. The lowest BCUT2D eigenvalue weighted by Gasteiger charge is -2.16. The van der Waals surface area contributed by atoms with Gasteiger partial charge in [-0.2, -0.15) is 0 Å². The van der Waals surface area contributed by atoms with Gasteiger partial charge in [-0.15, -0.1) is 0 Å².